The highest BCUT2D eigenvalue weighted by Gasteiger charge is 2.22. The van der Waals surface area contributed by atoms with E-state index < -0.39 is 30.4 Å². The molecule has 17 heavy (non-hydrogen) atoms. The van der Waals surface area contributed by atoms with Gasteiger partial charge in [-0.3, -0.25) is 4.79 Å². The van der Waals surface area contributed by atoms with E-state index in [1.54, 1.807) is 0 Å². The lowest BCUT2D eigenvalue weighted by molar-refractivity contribution is -0.145. The molecule has 4 N–H and O–H groups in total. The molecule has 0 aliphatic carbocycles. The smallest absolute Gasteiger partial charge is 0.326 e. The number of urea groups is 1. The number of hydrogen-bond donors (Lipinski definition) is 4. The molecular formula is C10H18N2O5. The highest BCUT2D eigenvalue weighted by Crippen LogP contribution is 1.94. The first-order valence-electron chi connectivity index (χ1n) is 5.46. The summed E-state index contributed by atoms with van der Waals surface area (Å²) >= 11 is 0. The number of aliphatic carboxylic acids is 2. The number of amides is 2. The van der Waals surface area contributed by atoms with Crippen LogP contribution in [0.4, 0.5) is 4.79 Å². The molecule has 0 aromatic carbocycles. The van der Waals surface area contributed by atoms with Crippen LogP contribution in [0.2, 0.25) is 0 Å². The fraction of sp³-hybridized carbons (Fsp3) is 0.700. The van der Waals surface area contributed by atoms with Crippen molar-refractivity contribution in [2.45, 2.75) is 38.6 Å². The van der Waals surface area contributed by atoms with Crippen molar-refractivity contribution in [1.29, 1.82) is 0 Å². The quantitative estimate of drug-likeness (QED) is 0.463. The van der Waals surface area contributed by atoms with Gasteiger partial charge in [0.1, 0.15) is 6.04 Å². The summed E-state index contributed by atoms with van der Waals surface area (Å²) in [5.41, 5.74) is 0. The summed E-state index contributed by atoms with van der Waals surface area (Å²) in [5, 5.41) is 21.7. The van der Waals surface area contributed by atoms with Gasteiger partial charge in [0.05, 0.1) is 6.42 Å². The van der Waals surface area contributed by atoms with Crippen LogP contribution < -0.4 is 10.6 Å². The van der Waals surface area contributed by atoms with Crippen molar-refractivity contribution in [1.82, 2.24) is 10.6 Å². The van der Waals surface area contributed by atoms with Crippen molar-refractivity contribution in [3.05, 3.63) is 0 Å². The predicted octanol–water partition coefficient (Wildman–Crippen LogP) is 0.404. The molecule has 0 saturated heterocycles. The summed E-state index contributed by atoms with van der Waals surface area (Å²) < 4.78 is 0. The van der Waals surface area contributed by atoms with Gasteiger partial charge in [-0.05, 0) is 6.42 Å². The van der Waals surface area contributed by atoms with Gasteiger partial charge in [0.15, 0.2) is 0 Å². The molecule has 7 nitrogen and oxygen atoms in total. The molecule has 2 amide bonds. The Morgan fingerprint density at radius 2 is 1.82 bits per heavy atom. The van der Waals surface area contributed by atoms with Crippen LogP contribution >= 0.6 is 0 Å². The van der Waals surface area contributed by atoms with Gasteiger partial charge in [-0.1, -0.05) is 19.8 Å². The molecule has 1 unspecified atom stereocenters. The van der Waals surface area contributed by atoms with Gasteiger partial charge in [0, 0.05) is 6.54 Å². The molecule has 0 spiro atoms. The summed E-state index contributed by atoms with van der Waals surface area (Å²) in [6.45, 7) is 2.46. The van der Waals surface area contributed by atoms with Gasteiger partial charge in [0.2, 0.25) is 0 Å². The molecule has 0 saturated carbocycles. The van der Waals surface area contributed by atoms with Crippen molar-refractivity contribution < 1.29 is 24.6 Å². The van der Waals surface area contributed by atoms with Crippen LogP contribution in [0.3, 0.4) is 0 Å². The van der Waals surface area contributed by atoms with Crippen LogP contribution in [-0.4, -0.2) is 40.8 Å². The predicted molar refractivity (Wildman–Crippen MR) is 59.7 cm³/mol. The van der Waals surface area contributed by atoms with Crippen molar-refractivity contribution in [3.63, 3.8) is 0 Å². The van der Waals surface area contributed by atoms with E-state index in [0.717, 1.165) is 19.3 Å². The largest absolute Gasteiger partial charge is 0.481 e. The molecule has 0 heterocycles. The van der Waals surface area contributed by atoms with Crippen LogP contribution in [0.5, 0.6) is 0 Å². The van der Waals surface area contributed by atoms with Gasteiger partial charge in [-0.25, -0.2) is 9.59 Å². The highest BCUT2D eigenvalue weighted by molar-refractivity contribution is 5.86. The number of carboxylic acid groups (broad SMARTS) is 2. The summed E-state index contributed by atoms with van der Waals surface area (Å²) in [7, 11) is 0. The van der Waals surface area contributed by atoms with Crippen molar-refractivity contribution in [2.24, 2.45) is 0 Å². The molecule has 0 aliphatic heterocycles. The second-order valence-electron chi connectivity index (χ2n) is 3.60. The standard InChI is InChI=1S/C10H18N2O5/c1-2-3-4-5-11-10(17)12-7(9(15)16)6-8(13)14/h7H,2-6H2,1H3,(H,13,14)(H,15,16)(H2,11,12,17). The Hall–Kier alpha value is -1.79. The second kappa shape index (κ2) is 8.37. The fourth-order valence-electron chi connectivity index (χ4n) is 1.16. The summed E-state index contributed by atoms with van der Waals surface area (Å²) in [6.07, 6.45) is 2.15. The minimum atomic E-state index is -1.40. The number of rotatable bonds is 8. The first kappa shape index (κ1) is 15.2. The number of unbranched alkanes of at least 4 members (excludes halogenated alkanes) is 2. The summed E-state index contributed by atoms with van der Waals surface area (Å²) in [6, 6.07) is -2.06. The van der Waals surface area contributed by atoms with Crippen LogP contribution in [0, 0.1) is 0 Å². The number of carbonyl (C=O) groups excluding carboxylic acids is 1. The van der Waals surface area contributed by atoms with E-state index in [2.05, 4.69) is 10.6 Å². The Bertz CT molecular complexity index is 280. The van der Waals surface area contributed by atoms with Crippen LogP contribution in [0.25, 0.3) is 0 Å². The topological polar surface area (TPSA) is 116 Å². The van der Waals surface area contributed by atoms with E-state index in [-0.39, 0.29) is 0 Å². The maximum Gasteiger partial charge on any atom is 0.326 e. The normalized spacial score (nSPS) is 11.6. The number of carboxylic acids is 2. The number of nitrogens with one attached hydrogen (secondary N) is 2. The molecule has 0 aliphatic rings. The zero-order valence-electron chi connectivity index (χ0n) is 9.73. The average molecular weight is 246 g/mol. The minimum Gasteiger partial charge on any atom is -0.481 e. The lowest BCUT2D eigenvalue weighted by atomic mass is 10.2. The molecule has 1 atom stereocenters. The first-order valence-corrected chi connectivity index (χ1v) is 5.46. The van der Waals surface area contributed by atoms with Gasteiger partial charge < -0.3 is 20.8 Å². The Morgan fingerprint density at radius 1 is 1.18 bits per heavy atom. The van der Waals surface area contributed by atoms with Gasteiger partial charge >= 0.3 is 18.0 Å². The second-order valence-corrected chi connectivity index (χ2v) is 3.60. The minimum absolute atomic E-state index is 0.444. The number of hydrogen-bond acceptors (Lipinski definition) is 3. The molecule has 0 fully saturated rings. The number of carbonyl (C=O) groups is 3. The van der Waals surface area contributed by atoms with Crippen LogP contribution in [0.15, 0.2) is 0 Å². The zero-order chi connectivity index (χ0) is 13.3. The molecule has 7 heteroatoms. The lowest BCUT2D eigenvalue weighted by Crippen LogP contribution is -2.47. The molecule has 98 valence electrons. The molecular weight excluding hydrogens is 228 g/mol. The van der Waals surface area contributed by atoms with Gasteiger partial charge in [-0.15, -0.1) is 0 Å². The van der Waals surface area contributed by atoms with E-state index in [4.69, 9.17) is 10.2 Å². The highest BCUT2D eigenvalue weighted by atomic mass is 16.4. The SMILES string of the molecule is CCCCCNC(=O)NC(CC(=O)O)C(=O)O. The van der Waals surface area contributed by atoms with E-state index in [1.165, 1.54) is 0 Å². The Kier molecular flexibility index (Phi) is 7.49. The first-order chi connectivity index (χ1) is 7.97. The maximum absolute atomic E-state index is 11.2. The Balaban J connectivity index is 3.96. The van der Waals surface area contributed by atoms with Crippen LogP contribution in [-0.2, 0) is 9.59 Å². The van der Waals surface area contributed by atoms with Crippen molar-refractivity contribution >= 4 is 18.0 Å². The summed E-state index contributed by atoms with van der Waals surface area (Å²) in [4.78, 5) is 32.2. The van der Waals surface area contributed by atoms with Gasteiger partial charge in [-0.2, -0.15) is 0 Å². The fourth-order valence-corrected chi connectivity index (χ4v) is 1.16. The van der Waals surface area contributed by atoms with E-state index in [1.807, 2.05) is 6.92 Å². The molecule has 0 radical (unpaired) electrons. The third-order valence-corrected chi connectivity index (χ3v) is 2.05. The molecule has 0 bridgehead atoms. The molecule has 0 aromatic heterocycles. The van der Waals surface area contributed by atoms with E-state index in [9.17, 15) is 14.4 Å². The monoisotopic (exact) mass is 246 g/mol. The lowest BCUT2D eigenvalue weighted by Gasteiger charge is -2.13. The maximum atomic E-state index is 11.2. The summed E-state index contributed by atoms with van der Waals surface area (Å²) in [5.74, 6) is -2.64. The molecule has 0 rings (SSSR count). The van der Waals surface area contributed by atoms with E-state index in [0.29, 0.717) is 6.54 Å². The van der Waals surface area contributed by atoms with Gasteiger partial charge in [0.25, 0.3) is 0 Å². The zero-order valence-corrected chi connectivity index (χ0v) is 9.73. The van der Waals surface area contributed by atoms with Crippen molar-refractivity contribution in [3.8, 4) is 0 Å². The Labute approximate surface area is 99.2 Å². The third-order valence-electron chi connectivity index (χ3n) is 2.05. The average Bonchev–Trinajstić information content (AvgIpc) is 2.22. The van der Waals surface area contributed by atoms with Crippen LogP contribution in [0.1, 0.15) is 32.6 Å². The third kappa shape index (κ3) is 8.06. The van der Waals surface area contributed by atoms with Crippen molar-refractivity contribution in [2.75, 3.05) is 6.54 Å². The Morgan fingerprint density at radius 3 is 2.29 bits per heavy atom. The van der Waals surface area contributed by atoms with E-state index >= 15 is 0 Å². The molecule has 0 aromatic rings.